The summed E-state index contributed by atoms with van der Waals surface area (Å²) in [7, 11) is 1.67. The summed E-state index contributed by atoms with van der Waals surface area (Å²) in [5.74, 6) is -0.579. The van der Waals surface area contributed by atoms with Gasteiger partial charge < -0.3 is 15.6 Å². The number of halogens is 1. The van der Waals surface area contributed by atoms with Gasteiger partial charge in [0, 0.05) is 12.7 Å². The molecule has 2 rings (SSSR count). The van der Waals surface area contributed by atoms with Gasteiger partial charge in [-0.2, -0.15) is 0 Å². The number of carbonyl (C=O) groups excluding carboxylic acids is 1. The number of amides is 1. The second-order valence-electron chi connectivity index (χ2n) is 3.55. The topological polar surface area (TPSA) is 72.9 Å². The Morgan fingerprint density at radius 3 is 2.59 bits per heavy atom. The zero-order valence-corrected chi connectivity index (χ0v) is 9.14. The van der Waals surface area contributed by atoms with Crippen LogP contribution < -0.4 is 11.1 Å². The molecule has 0 saturated carbocycles. The number of nitrogens with zero attached hydrogens (tertiary/aromatic N) is 2. The Hall–Kier alpha value is -2.37. The standard InChI is InChI=1S/C11H11FN4O/c1-16-6-14-10(13)9(16)11(17)15-8-4-2-7(12)3-5-8/h2-6H,13H2,1H3,(H,15,17). The molecule has 1 aromatic carbocycles. The summed E-state index contributed by atoms with van der Waals surface area (Å²) in [5.41, 5.74) is 6.34. The van der Waals surface area contributed by atoms with Gasteiger partial charge in [0.1, 0.15) is 5.82 Å². The molecule has 0 radical (unpaired) electrons. The Labute approximate surface area is 97.1 Å². The van der Waals surface area contributed by atoms with Gasteiger partial charge in [0.2, 0.25) is 0 Å². The van der Waals surface area contributed by atoms with Crippen molar-refractivity contribution in [2.45, 2.75) is 0 Å². The van der Waals surface area contributed by atoms with Crippen molar-refractivity contribution >= 4 is 17.4 Å². The highest BCUT2D eigenvalue weighted by atomic mass is 19.1. The van der Waals surface area contributed by atoms with Gasteiger partial charge in [0.25, 0.3) is 5.91 Å². The van der Waals surface area contributed by atoms with E-state index in [1.807, 2.05) is 0 Å². The molecule has 0 aliphatic heterocycles. The minimum atomic E-state index is -0.380. The predicted octanol–water partition coefficient (Wildman–Crippen LogP) is 1.39. The molecule has 0 atom stereocenters. The molecule has 1 aromatic heterocycles. The van der Waals surface area contributed by atoms with Crippen molar-refractivity contribution < 1.29 is 9.18 Å². The molecule has 1 amide bonds. The van der Waals surface area contributed by atoms with Crippen LogP contribution in [0.15, 0.2) is 30.6 Å². The lowest BCUT2D eigenvalue weighted by molar-refractivity contribution is 0.102. The number of aromatic nitrogens is 2. The third-order valence-corrected chi connectivity index (χ3v) is 2.28. The van der Waals surface area contributed by atoms with Gasteiger partial charge in [-0.3, -0.25) is 4.79 Å². The number of hydrogen-bond acceptors (Lipinski definition) is 3. The molecule has 0 aliphatic carbocycles. The highest BCUT2D eigenvalue weighted by molar-refractivity contribution is 6.05. The number of nitrogens with two attached hydrogens (primary N) is 1. The lowest BCUT2D eigenvalue weighted by atomic mass is 10.3. The number of carbonyl (C=O) groups is 1. The first-order valence-electron chi connectivity index (χ1n) is 4.91. The van der Waals surface area contributed by atoms with Crippen LogP contribution in [0.4, 0.5) is 15.9 Å². The SMILES string of the molecule is Cn1cnc(N)c1C(=O)Nc1ccc(F)cc1. The molecule has 0 bridgehead atoms. The van der Waals surface area contributed by atoms with E-state index in [9.17, 15) is 9.18 Å². The van der Waals surface area contributed by atoms with E-state index in [1.165, 1.54) is 35.2 Å². The number of anilines is 2. The molecule has 0 spiro atoms. The average Bonchev–Trinajstić information content (AvgIpc) is 2.62. The van der Waals surface area contributed by atoms with E-state index in [0.717, 1.165) is 0 Å². The van der Waals surface area contributed by atoms with Gasteiger partial charge in [-0.25, -0.2) is 9.37 Å². The zero-order valence-electron chi connectivity index (χ0n) is 9.14. The highest BCUT2D eigenvalue weighted by Gasteiger charge is 2.14. The van der Waals surface area contributed by atoms with Gasteiger partial charge in [0.05, 0.1) is 6.33 Å². The second-order valence-corrected chi connectivity index (χ2v) is 3.55. The number of nitrogen functional groups attached to an aromatic ring is 1. The first kappa shape index (κ1) is 11.1. The Morgan fingerprint density at radius 1 is 1.41 bits per heavy atom. The minimum Gasteiger partial charge on any atom is -0.382 e. The average molecular weight is 234 g/mol. The molecule has 5 nitrogen and oxygen atoms in total. The van der Waals surface area contributed by atoms with Crippen molar-refractivity contribution in [3.8, 4) is 0 Å². The zero-order chi connectivity index (χ0) is 12.4. The fourth-order valence-corrected chi connectivity index (χ4v) is 1.45. The van der Waals surface area contributed by atoms with Crippen LogP contribution in [0.5, 0.6) is 0 Å². The molecule has 1 heterocycles. The van der Waals surface area contributed by atoms with E-state index in [-0.39, 0.29) is 23.2 Å². The van der Waals surface area contributed by atoms with Crippen LogP contribution in [0, 0.1) is 5.82 Å². The fraction of sp³-hybridized carbons (Fsp3) is 0.0909. The van der Waals surface area contributed by atoms with Crippen molar-refractivity contribution in [3.63, 3.8) is 0 Å². The molecular formula is C11H11FN4O. The minimum absolute atomic E-state index is 0.159. The van der Waals surface area contributed by atoms with Gasteiger partial charge >= 0.3 is 0 Å². The Bertz CT molecular complexity index is 528. The maximum atomic E-state index is 12.7. The Kier molecular flexibility index (Phi) is 2.78. The van der Waals surface area contributed by atoms with Crippen LogP contribution in [0.25, 0.3) is 0 Å². The normalized spacial score (nSPS) is 10.2. The van der Waals surface area contributed by atoms with Gasteiger partial charge in [0.15, 0.2) is 11.5 Å². The van der Waals surface area contributed by atoms with Crippen molar-refractivity contribution in [2.75, 3.05) is 11.1 Å². The Morgan fingerprint density at radius 2 is 2.06 bits per heavy atom. The van der Waals surface area contributed by atoms with Crippen LogP contribution in [0.1, 0.15) is 10.5 Å². The van der Waals surface area contributed by atoms with Gasteiger partial charge in [-0.15, -0.1) is 0 Å². The molecule has 0 unspecified atom stereocenters. The summed E-state index contributed by atoms with van der Waals surface area (Å²) in [4.78, 5) is 15.7. The monoisotopic (exact) mass is 234 g/mol. The second kappa shape index (κ2) is 4.25. The molecule has 6 heteroatoms. The summed E-state index contributed by atoms with van der Waals surface area (Å²) in [6, 6.07) is 5.48. The van der Waals surface area contributed by atoms with Crippen LogP contribution in [0.2, 0.25) is 0 Å². The highest BCUT2D eigenvalue weighted by Crippen LogP contribution is 2.13. The molecule has 2 aromatic rings. The molecule has 0 fully saturated rings. The van der Waals surface area contributed by atoms with E-state index < -0.39 is 0 Å². The van der Waals surface area contributed by atoms with Crippen molar-refractivity contribution in [3.05, 3.63) is 42.1 Å². The van der Waals surface area contributed by atoms with Crippen LogP contribution >= 0.6 is 0 Å². The smallest absolute Gasteiger partial charge is 0.276 e. The summed E-state index contributed by atoms with van der Waals surface area (Å²) in [6.45, 7) is 0. The van der Waals surface area contributed by atoms with Gasteiger partial charge in [-0.1, -0.05) is 0 Å². The molecule has 3 N–H and O–H groups in total. The van der Waals surface area contributed by atoms with Crippen LogP contribution in [-0.4, -0.2) is 15.5 Å². The van der Waals surface area contributed by atoms with E-state index in [0.29, 0.717) is 5.69 Å². The maximum absolute atomic E-state index is 12.7. The quantitative estimate of drug-likeness (QED) is 0.824. The summed E-state index contributed by atoms with van der Waals surface area (Å²) in [5, 5.41) is 2.61. The summed E-state index contributed by atoms with van der Waals surface area (Å²) >= 11 is 0. The molecular weight excluding hydrogens is 223 g/mol. The van der Waals surface area contributed by atoms with E-state index in [1.54, 1.807) is 7.05 Å². The molecule has 0 aliphatic rings. The number of benzene rings is 1. The fourth-order valence-electron chi connectivity index (χ4n) is 1.45. The van der Waals surface area contributed by atoms with Crippen molar-refractivity contribution in [1.29, 1.82) is 0 Å². The lowest BCUT2D eigenvalue weighted by Crippen LogP contribution is -2.17. The van der Waals surface area contributed by atoms with Crippen molar-refractivity contribution in [2.24, 2.45) is 7.05 Å². The number of aryl methyl sites for hydroxylation is 1. The van der Waals surface area contributed by atoms with E-state index >= 15 is 0 Å². The molecule has 88 valence electrons. The van der Waals surface area contributed by atoms with Crippen LogP contribution in [-0.2, 0) is 7.05 Å². The number of nitrogens with one attached hydrogen (secondary N) is 1. The first-order valence-corrected chi connectivity index (χ1v) is 4.91. The molecule has 17 heavy (non-hydrogen) atoms. The largest absolute Gasteiger partial charge is 0.382 e. The number of rotatable bonds is 2. The predicted molar refractivity (Wildman–Crippen MR) is 62.0 cm³/mol. The third kappa shape index (κ3) is 2.25. The lowest BCUT2D eigenvalue weighted by Gasteiger charge is -2.06. The number of hydrogen-bond donors (Lipinski definition) is 2. The third-order valence-electron chi connectivity index (χ3n) is 2.28. The number of imidazole rings is 1. The van der Waals surface area contributed by atoms with E-state index in [4.69, 9.17) is 5.73 Å². The first-order chi connectivity index (χ1) is 8.08. The Balaban J connectivity index is 2.20. The van der Waals surface area contributed by atoms with Crippen molar-refractivity contribution in [1.82, 2.24) is 9.55 Å². The molecule has 0 saturated heterocycles. The summed E-state index contributed by atoms with van der Waals surface area (Å²) < 4.78 is 14.2. The van der Waals surface area contributed by atoms with Gasteiger partial charge in [-0.05, 0) is 24.3 Å². The summed E-state index contributed by atoms with van der Waals surface area (Å²) in [6.07, 6.45) is 1.45. The maximum Gasteiger partial charge on any atom is 0.276 e. The van der Waals surface area contributed by atoms with E-state index in [2.05, 4.69) is 10.3 Å². The van der Waals surface area contributed by atoms with Crippen LogP contribution in [0.3, 0.4) is 0 Å².